The summed E-state index contributed by atoms with van der Waals surface area (Å²) in [5.74, 6) is 1.72. The zero-order valence-corrected chi connectivity index (χ0v) is 24.0. The van der Waals surface area contributed by atoms with E-state index in [4.69, 9.17) is 0 Å². The van der Waals surface area contributed by atoms with E-state index in [-0.39, 0.29) is 17.7 Å². The molecule has 198 valence electrons. The van der Waals surface area contributed by atoms with Crippen molar-refractivity contribution in [2.75, 3.05) is 9.80 Å². The molecule has 4 aromatic rings. The summed E-state index contributed by atoms with van der Waals surface area (Å²) in [6.45, 7) is 7.84. The Morgan fingerprint density at radius 2 is 1.43 bits per heavy atom. The highest BCUT2D eigenvalue weighted by atomic mass is 15.3. The second-order valence-corrected chi connectivity index (χ2v) is 13.8. The Balaban J connectivity index is 1.36. The Morgan fingerprint density at radius 1 is 0.725 bits per heavy atom. The van der Waals surface area contributed by atoms with Gasteiger partial charge in [-0.2, -0.15) is 0 Å². The van der Waals surface area contributed by atoms with Crippen LogP contribution in [0.1, 0.15) is 63.5 Å². The van der Waals surface area contributed by atoms with Crippen LogP contribution in [0.2, 0.25) is 0 Å². The average Bonchev–Trinajstić information content (AvgIpc) is 3.17. The van der Waals surface area contributed by atoms with Crippen LogP contribution in [-0.4, -0.2) is 12.3 Å². The fourth-order valence-corrected chi connectivity index (χ4v) is 10.00. The van der Waals surface area contributed by atoms with E-state index < -0.39 is 0 Å². The summed E-state index contributed by atoms with van der Waals surface area (Å²) in [7, 11) is 0. The molecule has 0 N–H and O–H groups in total. The number of rotatable bonds is 1. The van der Waals surface area contributed by atoms with Crippen LogP contribution in [0, 0.1) is 18.8 Å². The van der Waals surface area contributed by atoms with Crippen LogP contribution in [0.3, 0.4) is 0 Å². The Morgan fingerprint density at radius 3 is 2.25 bits per heavy atom. The van der Waals surface area contributed by atoms with E-state index in [0.29, 0.717) is 0 Å². The first-order valence-corrected chi connectivity index (χ1v) is 15.5. The highest BCUT2D eigenvalue weighted by Gasteiger charge is 2.64. The van der Waals surface area contributed by atoms with Crippen LogP contribution in [-0.2, 0) is 5.41 Å². The van der Waals surface area contributed by atoms with E-state index in [1.165, 1.54) is 88.9 Å². The lowest BCUT2D eigenvalue weighted by molar-refractivity contribution is 0.0581. The Hall–Kier alpha value is -3.46. The molecule has 0 amide bonds. The number of hydrogen-bond acceptors (Lipinski definition) is 2. The molecule has 4 aromatic carbocycles. The van der Waals surface area contributed by atoms with Gasteiger partial charge in [-0.1, -0.05) is 92.8 Å². The van der Waals surface area contributed by atoms with E-state index >= 15 is 0 Å². The van der Waals surface area contributed by atoms with Crippen molar-refractivity contribution in [1.82, 2.24) is 0 Å². The number of benzene rings is 4. The molecule has 2 aliphatic carbocycles. The van der Waals surface area contributed by atoms with Gasteiger partial charge in [0.2, 0.25) is 0 Å². The maximum Gasteiger partial charge on any atom is 0.252 e. The maximum atomic E-state index is 2.87. The molecule has 2 nitrogen and oxygen atoms in total. The number of hydrogen-bond donors (Lipinski definition) is 0. The van der Waals surface area contributed by atoms with Crippen LogP contribution in [0.25, 0.3) is 0 Å². The van der Waals surface area contributed by atoms with Crippen LogP contribution in [0.5, 0.6) is 0 Å². The maximum absolute atomic E-state index is 2.87. The molecule has 3 heterocycles. The van der Waals surface area contributed by atoms with Crippen molar-refractivity contribution >= 4 is 51.5 Å². The van der Waals surface area contributed by atoms with Crippen LogP contribution in [0.4, 0.5) is 28.4 Å². The number of anilines is 5. The van der Waals surface area contributed by atoms with Gasteiger partial charge in [0.15, 0.2) is 0 Å². The molecule has 3 aliphatic heterocycles. The summed E-state index contributed by atoms with van der Waals surface area (Å²) in [4.78, 5) is 5.39. The van der Waals surface area contributed by atoms with E-state index in [1.807, 2.05) is 0 Å². The van der Waals surface area contributed by atoms with Crippen molar-refractivity contribution in [3.8, 4) is 0 Å². The van der Waals surface area contributed by atoms with Gasteiger partial charge in [-0.3, -0.25) is 0 Å². The molecule has 9 rings (SSSR count). The van der Waals surface area contributed by atoms with E-state index in [2.05, 4.69) is 116 Å². The molecule has 0 radical (unpaired) electrons. The van der Waals surface area contributed by atoms with Crippen molar-refractivity contribution in [2.45, 2.75) is 70.3 Å². The third-order valence-corrected chi connectivity index (χ3v) is 11.8. The Labute approximate surface area is 239 Å². The first-order valence-electron chi connectivity index (χ1n) is 15.5. The summed E-state index contributed by atoms with van der Waals surface area (Å²) < 4.78 is 0. The van der Waals surface area contributed by atoms with Crippen LogP contribution in [0.15, 0.2) is 84.9 Å². The lowest BCUT2D eigenvalue weighted by Crippen LogP contribution is -2.65. The van der Waals surface area contributed by atoms with Crippen molar-refractivity contribution in [1.29, 1.82) is 0 Å². The summed E-state index contributed by atoms with van der Waals surface area (Å²) in [5.41, 5.74) is 14.6. The number of nitrogens with zero attached hydrogens (tertiary/aromatic N) is 2. The second kappa shape index (κ2) is 7.84. The fraction of sp³-hybridized carbons (Fsp3) is 0.351. The predicted molar refractivity (Wildman–Crippen MR) is 170 cm³/mol. The zero-order valence-electron chi connectivity index (χ0n) is 24.0. The lowest BCUT2D eigenvalue weighted by Gasteiger charge is -2.57. The summed E-state index contributed by atoms with van der Waals surface area (Å²) in [5, 5.41) is 0. The van der Waals surface area contributed by atoms with E-state index in [0.717, 1.165) is 11.8 Å². The monoisotopic (exact) mass is 520 g/mol. The molecule has 2 saturated carbocycles. The van der Waals surface area contributed by atoms with Crippen molar-refractivity contribution in [3.63, 3.8) is 0 Å². The largest absolute Gasteiger partial charge is 0.335 e. The third kappa shape index (κ3) is 2.72. The Kier molecular flexibility index (Phi) is 4.56. The highest BCUT2D eigenvalue weighted by molar-refractivity contribution is 7.00. The molecule has 3 heteroatoms. The smallest absolute Gasteiger partial charge is 0.252 e. The van der Waals surface area contributed by atoms with Gasteiger partial charge < -0.3 is 9.80 Å². The van der Waals surface area contributed by atoms with Gasteiger partial charge in [-0.15, -0.1) is 0 Å². The van der Waals surface area contributed by atoms with E-state index in [1.54, 1.807) is 5.56 Å². The van der Waals surface area contributed by atoms with Gasteiger partial charge in [0.05, 0.1) is 5.54 Å². The normalized spacial score (nSPS) is 28.8. The first-order chi connectivity index (χ1) is 19.5. The Bertz CT molecular complexity index is 1690. The minimum absolute atomic E-state index is 0.0744. The molecule has 2 fully saturated rings. The molecule has 4 atom stereocenters. The minimum atomic E-state index is 0.0744. The molecule has 0 spiro atoms. The van der Waals surface area contributed by atoms with Crippen molar-refractivity contribution < 1.29 is 0 Å². The van der Waals surface area contributed by atoms with Gasteiger partial charge >= 0.3 is 0 Å². The third-order valence-electron chi connectivity index (χ3n) is 11.8. The molecule has 0 aromatic heterocycles. The summed E-state index contributed by atoms with van der Waals surface area (Å²) in [6, 6.07) is 32.4. The topological polar surface area (TPSA) is 6.48 Å². The first kappa shape index (κ1) is 23.3. The number of fused-ring (bicyclic) bond motifs is 8. The molecule has 5 aliphatic rings. The molecule has 4 unspecified atom stereocenters. The molecule has 0 saturated heterocycles. The standard InChI is InChI=1S/C37H37BN2/c1-24-20-28-35-30(21-24)38-29-16-9-10-17-31(29)39(27-14-5-4-6-15-27)32-18-11-19-33(34(32)38)40(35)37(3)23-26-13-8-7-12-25(26)22-36(28,37)2/h4-6,9-11,14-21,25-26H,7-8,12-13,22-23H2,1-3H3. The van der Waals surface area contributed by atoms with E-state index in [9.17, 15) is 0 Å². The molecule has 40 heavy (non-hydrogen) atoms. The van der Waals surface area contributed by atoms with Crippen LogP contribution >= 0.6 is 0 Å². The highest BCUT2D eigenvalue weighted by Crippen LogP contribution is 2.65. The fourth-order valence-electron chi connectivity index (χ4n) is 10.00. The van der Waals surface area contributed by atoms with Gasteiger partial charge in [0.1, 0.15) is 0 Å². The predicted octanol–water partition coefficient (Wildman–Crippen LogP) is 7.38. The zero-order chi connectivity index (χ0) is 26.8. The SMILES string of the molecule is Cc1cc2c3c(c1)C1(C)CC4CCCCC4CC1(C)N3c1cccc3c1B2c1ccccc1N3c1ccccc1. The van der Waals surface area contributed by atoms with Gasteiger partial charge in [-0.25, -0.2) is 0 Å². The molecular formula is C37H37BN2. The summed E-state index contributed by atoms with van der Waals surface area (Å²) >= 11 is 0. The average molecular weight is 521 g/mol. The quantitative estimate of drug-likeness (QED) is 0.213. The second-order valence-electron chi connectivity index (χ2n) is 13.8. The minimum Gasteiger partial charge on any atom is -0.335 e. The van der Waals surface area contributed by atoms with Crippen molar-refractivity contribution in [2.24, 2.45) is 11.8 Å². The van der Waals surface area contributed by atoms with Gasteiger partial charge in [0, 0.05) is 33.9 Å². The number of aryl methyl sites for hydroxylation is 1. The molecule has 0 bridgehead atoms. The number of para-hydroxylation sites is 2. The lowest BCUT2D eigenvalue weighted by atomic mass is 9.33. The summed E-state index contributed by atoms with van der Waals surface area (Å²) in [6.07, 6.45) is 8.30. The van der Waals surface area contributed by atoms with Gasteiger partial charge in [-0.05, 0) is 90.8 Å². The van der Waals surface area contributed by atoms with Crippen LogP contribution < -0.4 is 26.2 Å². The van der Waals surface area contributed by atoms with Gasteiger partial charge in [0.25, 0.3) is 6.71 Å². The molecular weight excluding hydrogens is 483 g/mol. The van der Waals surface area contributed by atoms with Crippen molar-refractivity contribution in [3.05, 3.63) is 96.1 Å².